The van der Waals surface area contributed by atoms with Crippen LogP contribution in [0.2, 0.25) is 0 Å². The molecule has 0 aliphatic heterocycles. The minimum Gasteiger partial charge on any atom is -0.496 e. The molecule has 0 heterocycles. The van der Waals surface area contributed by atoms with Crippen molar-refractivity contribution in [1.82, 2.24) is 0 Å². The molecule has 2 N–H and O–H groups in total. The Morgan fingerprint density at radius 1 is 1.12 bits per heavy atom. The van der Waals surface area contributed by atoms with Gasteiger partial charge in [-0.3, -0.25) is 0 Å². The summed E-state index contributed by atoms with van der Waals surface area (Å²) in [5, 5.41) is 0. The van der Waals surface area contributed by atoms with Crippen LogP contribution in [-0.4, -0.2) is 27.1 Å². The van der Waals surface area contributed by atoms with Crippen LogP contribution in [-0.2, 0) is 0 Å². The Morgan fingerprint density at radius 2 is 1.65 bits per heavy atom. The number of methoxy groups -OCH3 is 3. The van der Waals surface area contributed by atoms with E-state index in [9.17, 15) is 0 Å². The molecule has 0 radical (unpaired) electrons. The molecule has 0 fully saturated rings. The van der Waals surface area contributed by atoms with Gasteiger partial charge in [0.15, 0.2) is 0 Å². The lowest BCUT2D eigenvalue weighted by atomic mass is 10.0. The maximum absolute atomic E-state index is 6.10. The predicted octanol–water partition coefficient (Wildman–Crippen LogP) is 2.03. The summed E-state index contributed by atoms with van der Waals surface area (Å²) < 4.78 is 15.8. The first-order valence-corrected chi connectivity index (χ1v) is 5.97. The Hall–Kier alpha value is -1.07. The molecule has 0 aromatic heterocycles. The van der Waals surface area contributed by atoms with E-state index in [2.05, 4.69) is 12.6 Å². The van der Waals surface area contributed by atoms with E-state index in [1.165, 1.54) is 0 Å². The number of ether oxygens (including phenoxy) is 3. The van der Waals surface area contributed by atoms with Crippen molar-refractivity contribution in [3.05, 3.63) is 17.7 Å². The van der Waals surface area contributed by atoms with E-state index in [1.54, 1.807) is 33.5 Å². The Morgan fingerprint density at radius 3 is 2.00 bits per heavy atom. The molecule has 17 heavy (non-hydrogen) atoms. The third-order valence-corrected chi connectivity index (χ3v) is 2.82. The van der Waals surface area contributed by atoms with Gasteiger partial charge in [0, 0.05) is 18.2 Å². The van der Waals surface area contributed by atoms with Crippen LogP contribution in [0.5, 0.6) is 17.2 Å². The van der Waals surface area contributed by atoms with Gasteiger partial charge in [-0.05, 0) is 12.2 Å². The molecule has 0 aliphatic rings. The normalized spacial score (nSPS) is 12.1. The van der Waals surface area contributed by atoms with Crippen LogP contribution in [0.4, 0.5) is 0 Å². The first kappa shape index (κ1) is 14.0. The highest BCUT2D eigenvalue weighted by Gasteiger charge is 2.18. The van der Waals surface area contributed by atoms with Crippen LogP contribution in [0, 0.1) is 0 Å². The smallest absolute Gasteiger partial charge is 0.131 e. The summed E-state index contributed by atoms with van der Waals surface area (Å²) in [6, 6.07) is 3.44. The third kappa shape index (κ3) is 3.20. The lowest BCUT2D eigenvalue weighted by molar-refractivity contribution is 0.363. The summed E-state index contributed by atoms with van der Waals surface area (Å²) in [5.41, 5.74) is 6.95. The van der Waals surface area contributed by atoms with Gasteiger partial charge >= 0.3 is 0 Å². The molecule has 5 heteroatoms. The van der Waals surface area contributed by atoms with Crippen LogP contribution < -0.4 is 19.9 Å². The summed E-state index contributed by atoms with van der Waals surface area (Å²) in [4.78, 5) is 0. The molecular weight excluding hydrogens is 238 g/mol. The van der Waals surface area contributed by atoms with Crippen LogP contribution in [0.25, 0.3) is 0 Å². The van der Waals surface area contributed by atoms with Crippen molar-refractivity contribution in [2.45, 2.75) is 12.5 Å². The predicted molar refractivity (Wildman–Crippen MR) is 71.5 cm³/mol. The fourth-order valence-electron chi connectivity index (χ4n) is 1.68. The molecule has 0 spiro atoms. The fraction of sp³-hybridized carbons (Fsp3) is 0.500. The number of nitrogens with two attached hydrogens (primary N) is 1. The molecule has 0 amide bonds. The Bertz CT molecular complexity index is 346. The molecule has 1 aromatic carbocycles. The third-order valence-electron chi connectivity index (χ3n) is 2.56. The average molecular weight is 257 g/mol. The summed E-state index contributed by atoms with van der Waals surface area (Å²) in [5.74, 6) is 2.74. The SMILES string of the molecule is COc1cc(OC)c(C(N)CCS)c(OC)c1. The fourth-order valence-corrected chi connectivity index (χ4v) is 1.96. The second-order valence-electron chi connectivity index (χ2n) is 3.56. The van der Waals surface area contributed by atoms with Crippen LogP contribution >= 0.6 is 12.6 Å². The lowest BCUT2D eigenvalue weighted by Crippen LogP contribution is -2.13. The summed E-state index contributed by atoms with van der Waals surface area (Å²) in [6.45, 7) is 0. The highest BCUT2D eigenvalue weighted by Crippen LogP contribution is 2.38. The Labute approximate surface area is 107 Å². The second-order valence-corrected chi connectivity index (χ2v) is 4.01. The monoisotopic (exact) mass is 257 g/mol. The lowest BCUT2D eigenvalue weighted by Gasteiger charge is -2.19. The molecule has 0 bridgehead atoms. The molecule has 0 saturated heterocycles. The highest BCUT2D eigenvalue weighted by atomic mass is 32.1. The van der Waals surface area contributed by atoms with E-state index in [0.29, 0.717) is 23.0 Å². The maximum atomic E-state index is 6.10. The minimum absolute atomic E-state index is 0.164. The van der Waals surface area contributed by atoms with Crippen molar-refractivity contribution in [2.75, 3.05) is 27.1 Å². The van der Waals surface area contributed by atoms with E-state index in [-0.39, 0.29) is 6.04 Å². The van der Waals surface area contributed by atoms with E-state index in [0.717, 1.165) is 12.0 Å². The number of rotatable bonds is 6. The molecule has 0 saturated carbocycles. The minimum atomic E-state index is -0.164. The van der Waals surface area contributed by atoms with E-state index in [4.69, 9.17) is 19.9 Å². The summed E-state index contributed by atoms with van der Waals surface area (Å²) in [6.07, 6.45) is 0.752. The molecule has 0 aliphatic carbocycles. The van der Waals surface area contributed by atoms with Crippen molar-refractivity contribution in [1.29, 1.82) is 0 Å². The zero-order valence-electron chi connectivity index (χ0n) is 10.4. The molecule has 96 valence electrons. The largest absolute Gasteiger partial charge is 0.496 e. The van der Waals surface area contributed by atoms with E-state index < -0.39 is 0 Å². The van der Waals surface area contributed by atoms with Crippen molar-refractivity contribution >= 4 is 12.6 Å². The zero-order valence-corrected chi connectivity index (χ0v) is 11.3. The number of benzene rings is 1. The van der Waals surface area contributed by atoms with E-state index >= 15 is 0 Å². The topological polar surface area (TPSA) is 53.7 Å². The zero-order chi connectivity index (χ0) is 12.8. The van der Waals surface area contributed by atoms with Crippen LogP contribution in [0.1, 0.15) is 18.0 Å². The number of thiol groups is 1. The molecule has 1 aromatic rings. The van der Waals surface area contributed by atoms with Crippen LogP contribution in [0.15, 0.2) is 12.1 Å². The molecule has 1 rings (SSSR count). The van der Waals surface area contributed by atoms with Crippen LogP contribution in [0.3, 0.4) is 0 Å². The number of hydrogen-bond acceptors (Lipinski definition) is 5. The Balaban J connectivity index is 3.23. The standard InChI is InChI=1S/C12H19NO3S/c1-14-8-6-10(15-2)12(9(13)4-5-17)11(7-8)16-3/h6-7,9,17H,4-5,13H2,1-3H3. The van der Waals surface area contributed by atoms with Crippen molar-refractivity contribution in [3.63, 3.8) is 0 Å². The van der Waals surface area contributed by atoms with Crippen molar-refractivity contribution < 1.29 is 14.2 Å². The second kappa shape index (κ2) is 6.61. The van der Waals surface area contributed by atoms with Gasteiger partial charge in [0.05, 0.1) is 26.9 Å². The van der Waals surface area contributed by atoms with Gasteiger partial charge in [-0.15, -0.1) is 0 Å². The molecule has 1 unspecified atom stereocenters. The highest BCUT2D eigenvalue weighted by molar-refractivity contribution is 7.80. The molecule has 1 atom stereocenters. The first-order chi connectivity index (χ1) is 8.17. The summed E-state index contributed by atoms with van der Waals surface area (Å²) >= 11 is 4.19. The first-order valence-electron chi connectivity index (χ1n) is 5.34. The Kier molecular flexibility index (Phi) is 5.44. The quantitative estimate of drug-likeness (QED) is 0.766. The van der Waals surface area contributed by atoms with Crippen molar-refractivity contribution in [3.8, 4) is 17.2 Å². The van der Waals surface area contributed by atoms with Gasteiger partial charge in [-0.25, -0.2) is 0 Å². The van der Waals surface area contributed by atoms with Gasteiger partial charge in [0.2, 0.25) is 0 Å². The van der Waals surface area contributed by atoms with Gasteiger partial charge in [0.25, 0.3) is 0 Å². The van der Waals surface area contributed by atoms with Gasteiger partial charge in [-0.1, -0.05) is 0 Å². The van der Waals surface area contributed by atoms with E-state index in [1.807, 2.05) is 0 Å². The average Bonchev–Trinajstić information content (AvgIpc) is 2.37. The van der Waals surface area contributed by atoms with Crippen molar-refractivity contribution in [2.24, 2.45) is 5.73 Å². The molecule has 4 nitrogen and oxygen atoms in total. The molecular formula is C12H19NO3S. The summed E-state index contributed by atoms with van der Waals surface area (Å²) in [7, 11) is 4.80. The van der Waals surface area contributed by atoms with Gasteiger partial charge in [-0.2, -0.15) is 12.6 Å². The maximum Gasteiger partial charge on any atom is 0.131 e. The van der Waals surface area contributed by atoms with Gasteiger partial charge < -0.3 is 19.9 Å². The van der Waals surface area contributed by atoms with Gasteiger partial charge in [0.1, 0.15) is 17.2 Å². The number of hydrogen-bond donors (Lipinski definition) is 2.